The molecule has 0 N–H and O–H groups in total. The molecule has 9 rings (SSSR count). The van der Waals surface area contributed by atoms with Crippen molar-refractivity contribution in [3.05, 3.63) is 127 Å². The molecule has 0 spiro atoms. The molecular formula is C36H21NO. The van der Waals surface area contributed by atoms with Crippen molar-refractivity contribution in [1.82, 2.24) is 4.57 Å². The van der Waals surface area contributed by atoms with Gasteiger partial charge in [-0.05, 0) is 45.8 Å². The summed E-state index contributed by atoms with van der Waals surface area (Å²) in [5, 5.41) is 12.5. The van der Waals surface area contributed by atoms with Gasteiger partial charge in [0.15, 0.2) is 5.58 Å². The van der Waals surface area contributed by atoms with Crippen LogP contribution in [0.25, 0.3) is 81.7 Å². The molecular weight excluding hydrogens is 462 g/mol. The van der Waals surface area contributed by atoms with E-state index in [0.717, 1.165) is 27.8 Å². The predicted octanol–water partition coefficient (Wildman–Crippen LogP) is 10.1. The van der Waals surface area contributed by atoms with E-state index < -0.39 is 0 Å². The van der Waals surface area contributed by atoms with Crippen molar-refractivity contribution in [2.75, 3.05) is 0 Å². The van der Waals surface area contributed by atoms with E-state index in [9.17, 15) is 0 Å². The molecule has 2 nitrogen and oxygen atoms in total. The maximum atomic E-state index is 6.81. The van der Waals surface area contributed by atoms with Crippen LogP contribution in [0.4, 0.5) is 0 Å². The summed E-state index contributed by atoms with van der Waals surface area (Å²) >= 11 is 0. The van der Waals surface area contributed by atoms with Gasteiger partial charge in [0, 0.05) is 38.0 Å². The Bertz CT molecular complexity index is 2390. The third-order valence-corrected chi connectivity index (χ3v) is 8.13. The molecule has 0 bridgehead atoms. The number of aromatic nitrogens is 1. The second-order valence-electron chi connectivity index (χ2n) is 10.1. The van der Waals surface area contributed by atoms with Crippen LogP contribution >= 0.6 is 0 Å². The molecule has 7 aromatic carbocycles. The van der Waals surface area contributed by atoms with Gasteiger partial charge >= 0.3 is 0 Å². The number of rotatable bonds is 1. The van der Waals surface area contributed by atoms with E-state index in [2.05, 4.69) is 132 Å². The normalized spacial score (nSPS) is 12.2. The lowest BCUT2D eigenvalue weighted by Gasteiger charge is -2.14. The van der Waals surface area contributed by atoms with Crippen molar-refractivity contribution >= 4 is 76.1 Å². The predicted molar refractivity (Wildman–Crippen MR) is 161 cm³/mol. The van der Waals surface area contributed by atoms with Gasteiger partial charge in [-0.25, -0.2) is 0 Å². The van der Waals surface area contributed by atoms with Gasteiger partial charge in [-0.1, -0.05) is 103 Å². The molecule has 0 saturated heterocycles. The zero-order valence-corrected chi connectivity index (χ0v) is 20.5. The van der Waals surface area contributed by atoms with Crippen LogP contribution in [0.2, 0.25) is 0 Å². The van der Waals surface area contributed by atoms with Crippen LogP contribution in [0.1, 0.15) is 0 Å². The Morgan fingerprint density at radius 3 is 1.63 bits per heavy atom. The number of hydrogen-bond acceptors (Lipinski definition) is 1. The van der Waals surface area contributed by atoms with E-state index in [1.54, 1.807) is 0 Å². The first-order chi connectivity index (χ1) is 18.9. The molecule has 176 valence electrons. The molecule has 38 heavy (non-hydrogen) atoms. The minimum Gasteiger partial charge on any atom is -0.454 e. The minimum absolute atomic E-state index is 0.915. The fraction of sp³-hybridized carbons (Fsp3) is 0. The summed E-state index contributed by atoms with van der Waals surface area (Å²) in [6, 6.07) is 45.6. The van der Waals surface area contributed by atoms with Gasteiger partial charge in [0.1, 0.15) is 5.58 Å². The summed E-state index contributed by atoms with van der Waals surface area (Å²) < 4.78 is 9.19. The second kappa shape index (κ2) is 7.24. The average molecular weight is 484 g/mol. The van der Waals surface area contributed by atoms with Crippen LogP contribution in [-0.4, -0.2) is 4.57 Å². The van der Waals surface area contributed by atoms with Gasteiger partial charge in [-0.15, -0.1) is 0 Å². The Kier molecular flexibility index (Phi) is 3.82. The molecule has 2 aromatic heterocycles. The Morgan fingerprint density at radius 1 is 0.395 bits per heavy atom. The summed E-state index contributed by atoms with van der Waals surface area (Å²) in [5.74, 6) is 0. The highest BCUT2D eigenvalue weighted by molar-refractivity contribution is 6.44. The van der Waals surface area contributed by atoms with Crippen LogP contribution in [-0.2, 0) is 0 Å². The largest absolute Gasteiger partial charge is 0.454 e. The molecule has 0 aliphatic rings. The van der Waals surface area contributed by atoms with Gasteiger partial charge in [-0.2, -0.15) is 0 Å². The standard InChI is InChI=1S/C36H21NO/c1-2-12-22(13-3-1)37-29-20-10-8-18-27(29)33-31-25-16-6-4-14-23(25)24-15-5-7-17-26(24)32(31)34-28-19-9-11-21-30(28)38-36(34)35(33)37/h1-21H. The Balaban J connectivity index is 1.75. The van der Waals surface area contributed by atoms with Crippen molar-refractivity contribution in [3.8, 4) is 5.69 Å². The smallest absolute Gasteiger partial charge is 0.160 e. The molecule has 2 heterocycles. The first-order valence-electron chi connectivity index (χ1n) is 13.0. The Hall–Kier alpha value is -5.08. The quantitative estimate of drug-likeness (QED) is 0.212. The van der Waals surface area contributed by atoms with Crippen molar-refractivity contribution in [2.24, 2.45) is 0 Å². The van der Waals surface area contributed by atoms with Crippen molar-refractivity contribution in [3.63, 3.8) is 0 Å². The summed E-state index contributed by atoms with van der Waals surface area (Å²) in [6.45, 7) is 0. The zero-order valence-electron chi connectivity index (χ0n) is 20.5. The molecule has 0 radical (unpaired) electrons. The summed E-state index contributed by atoms with van der Waals surface area (Å²) in [5.41, 5.74) is 5.29. The Morgan fingerprint density at radius 2 is 0.921 bits per heavy atom. The molecule has 0 aliphatic carbocycles. The van der Waals surface area contributed by atoms with Crippen LogP contribution < -0.4 is 0 Å². The van der Waals surface area contributed by atoms with Gasteiger partial charge in [0.25, 0.3) is 0 Å². The van der Waals surface area contributed by atoms with Crippen LogP contribution in [0, 0.1) is 0 Å². The highest BCUT2D eigenvalue weighted by Gasteiger charge is 2.25. The average Bonchev–Trinajstić information content (AvgIpc) is 3.54. The van der Waals surface area contributed by atoms with Crippen molar-refractivity contribution in [1.29, 1.82) is 0 Å². The third kappa shape index (κ3) is 2.42. The fourth-order valence-electron chi connectivity index (χ4n) is 6.67. The topological polar surface area (TPSA) is 18.1 Å². The van der Waals surface area contributed by atoms with Crippen LogP contribution in [0.5, 0.6) is 0 Å². The number of furan rings is 1. The molecule has 0 saturated carbocycles. The zero-order chi connectivity index (χ0) is 24.8. The SMILES string of the molecule is c1ccc(-n2c3ccccc3c3c4c5ccccc5c5ccccc5c4c4c5ccccc5oc4c32)cc1. The lowest BCUT2D eigenvalue weighted by molar-refractivity contribution is 0.671. The molecule has 0 amide bonds. The number of benzene rings is 7. The molecule has 0 aliphatic heterocycles. The first kappa shape index (κ1) is 20.0. The summed E-state index contributed by atoms with van der Waals surface area (Å²) in [6.07, 6.45) is 0. The highest BCUT2D eigenvalue weighted by atomic mass is 16.3. The van der Waals surface area contributed by atoms with E-state index in [0.29, 0.717) is 0 Å². The van der Waals surface area contributed by atoms with E-state index in [4.69, 9.17) is 4.42 Å². The van der Waals surface area contributed by atoms with E-state index in [1.165, 1.54) is 54.0 Å². The maximum absolute atomic E-state index is 6.81. The third-order valence-electron chi connectivity index (χ3n) is 8.13. The lowest BCUT2D eigenvalue weighted by atomic mass is 9.89. The molecule has 0 atom stereocenters. The summed E-state index contributed by atoms with van der Waals surface area (Å²) in [7, 11) is 0. The first-order valence-corrected chi connectivity index (χ1v) is 13.0. The van der Waals surface area contributed by atoms with Gasteiger partial charge in [0.05, 0.1) is 11.0 Å². The highest BCUT2D eigenvalue weighted by Crippen LogP contribution is 2.49. The van der Waals surface area contributed by atoms with Gasteiger partial charge in [0.2, 0.25) is 0 Å². The van der Waals surface area contributed by atoms with Gasteiger partial charge < -0.3 is 8.98 Å². The lowest BCUT2D eigenvalue weighted by Crippen LogP contribution is -1.94. The van der Waals surface area contributed by atoms with Crippen LogP contribution in [0.15, 0.2) is 132 Å². The molecule has 9 aromatic rings. The molecule has 0 fully saturated rings. The molecule has 0 unspecified atom stereocenters. The number of fused-ring (bicyclic) bond motifs is 15. The monoisotopic (exact) mass is 483 g/mol. The second-order valence-corrected chi connectivity index (χ2v) is 10.1. The minimum atomic E-state index is 0.915. The van der Waals surface area contributed by atoms with Gasteiger partial charge in [-0.3, -0.25) is 0 Å². The number of hydrogen-bond donors (Lipinski definition) is 0. The molecule has 2 heteroatoms. The maximum Gasteiger partial charge on any atom is 0.160 e. The van der Waals surface area contributed by atoms with E-state index >= 15 is 0 Å². The van der Waals surface area contributed by atoms with Crippen molar-refractivity contribution in [2.45, 2.75) is 0 Å². The van der Waals surface area contributed by atoms with E-state index in [-0.39, 0.29) is 0 Å². The van der Waals surface area contributed by atoms with E-state index in [1.807, 2.05) is 0 Å². The number of para-hydroxylation sites is 3. The Labute approximate surface area is 217 Å². The number of nitrogens with zero attached hydrogens (tertiary/aromatic N) is 1. The fourth-order valence-corrected chi connectivity index (χ4v) is 6.67. The summed E-state index contributed by atoms with van der Waals surface area (Å²) in [4.78, 5) is 0. The van der Waals surface area contributed by atoms with Crippen molar-refractivity contribution < 1.29 is 4.42 Å². The van der Waals surface area contributed by atoms with Crippen LogP contribution in [0.3, 0.4) is 0 Å².